The topological polar surface area (TPSA) is 52.1 Å². The summed E-state index contributed by atoms with van der Waals surface area (Å²) in [6.45, 7) is 0. The second-order valence-corrected chi connectivity index (χ2v) is 3.78. The molecule has 3 aromatic rings. The largest absolute Gasteiger partial charge is 0.710 e. The Kier molecular flexibility index (Phi) is 2.01. The van der Waals surface area contributed by atoms with Crippen LogP contribution >= 0.6 is 0 Å². The molecule has 0 radical (unpaired) electrons. The summed E-state index contributed by atoms with van der Waals surface area (Å²) in [6.07, 6.45) is 0. The summed E-state index contributed by atoms with van der Waals surface area (Å²) in [7, 11) is 0. The standard InChI is InChI=1S/C13H10N2O2/c16-14-11-8-4-5-9-12(11)15(17)13(14)10-6-2-1-3-7-10/h1-9,16H. The second kappa shape index (κ2) is 3.52. The molecule has 0 aliphatic carbocycles. The molecule has 1 N–H and O–H groups in total. The van der Waals surface area contributed by atoms with Crippen LogP contribution in [-0.2, 0) is 0 Å². The third-order valence-electron chi connectivity index (χ3n) is 2.75. The minimum absolute atomic E-state index is 0.229. The van der Waals surface area contributed by atoms with E-state index in [4.69, 9.17) is 0 Å². The minimum atomic E-state index is 0.229. The average Bonchev–Trinajstić information content (AvgIpc) is 2.64. The van der Waals surface area contributed by atoms with Crippen molar-refractivity contribution in [2.45, 2.75) is 0 Å². The molecule has 0 aliphatic rings. The van der Waals surface area contributed by atoms with Gasteiger partial charge in [0.25, 0.3) is 0 Å². The lowest BCUT2D eigenvalue weighted by atomic mass is 10.2. The summed E-state index contributed by atoms with van der Waals surface area (Å²) in [4.78, 5) is 0. The first kappa shape index (κ1) is 9.72. The average molecular weight is 226 g/mol. The van der Waals surface area contributed by atoms with Gasteiger partial charge in [0.05, 0.1) is 5.56 Å². The summed E-state index contributed by atoms with van der Waals surface area (Å²) in [6, 6.07) is 16.0. The number of imidazole rings is 1. The van der Waals surface area contributed by atoms with E-state index in [0.717, 1.165) is 9.46 Å². The lowest BCUT2D eigenvalue weighted by Gasteiger charge is -2.02. The van der Waals surface area contributed by atoms with Gasteiger partial charge in [0.2, 0.25) is 5.52 Å². The van der Waals surface area contributed by atoms with Crippen molar-refractivity contribution in [2.24, 2.45) is 0 Å². The van der Waals surface area contributed by atoms with Crippen molar-refractivity contribution >= 4 is 11.0 Å². The van der Waals surface area contributed by atoms with Gasteiger partial charge < -0.3 is 10.4 Å². The molecule has 1 heterocycles. The van der Waals surface area contributed by atoms with Crippen LogP contribution < -0.4 is 4.73 Å². The quantitative estimate of drug-likeness (QED) is 0.393. The molecule has 0 amide bonds. The van der Waals surface area contributed by atoms with Crippen molar-refractivity contribution in [3.8, 4) is 11.4 Å². The number of rotatable bonds is 1. The fourth-order valence-electron chi connectivity index (χ4n) is 1.96. The van der Waals surface area contributed by atoms with E-state index in [2.05, 4.69) is 0 Å². The number of hydrogen-bond donors (Lipinski definition) is 1. The van der Waals surface area contributed by atoms with E-state index in [9.17, 15) is 10.4 Å². The Labute approximate surface area is 97.5 Å². The number of para-hydroxylation sites is 2. The zero-order valence-corrected chi connectivity index (χ0v) is 8.95. The van der Waals surface area contributed by atoms with Crippen LogP contribution in [0.4, 0.5) is 0 Å². The first-order valence-corrected chi connectivity index (χ1v) is 5.27. The van der Waals surface area contributed by atoms with Crippen LogP contribution in [-0.4, -0.2) is 9.94 Å². The Morgan fingerprint density at radius 2 is 1.59 bits per heavy atom. The molecule has 0 spiro atoms. The van der Waals surface area contributed by atoms with Crippen LogP contribution in [0.15, 0.2) is 54.6 Å². The highest BCUT2D eigenvalue weighted by Gasteiger charge is 2.22. The summed E-state index contributed by atoms with van der Waals surface area (Å²) in [5, 5.41) is 22.1. The van der Waals surface area contributed by atoms with Gasteiger partial charge in [-0.15, -0.1) is 0 Å². The Morgan fingerprint density at radius 1 is 0.941 bits per heavy atom. The van der Waals surface area contributed by atoms with Gasteiger partial charge in [-0.1, -0.05) is 30.3 Å². The van der Waals surface area contributed by atoms with Gasteiger partial charge in [-0.25, -0.2) is 4.73 Å². The van der Waals surface area contributed by atoms with Gasteiger partial charge in [0, 0.05) is 0 Å². The molecule has 84 valence electrons. The monoisotopic (exact) mass is 226 g/mol. The maximum absolute atomic E-state index is 12.1. The van der Waals surface area contributed by atoms with E-state index in [1.54, 1.807) is 36.4 Å². The minimum Gasteiger partial charge on any atom is -0.710 e. The summed E-state index contributed by atoms with van der Waals surface area (Å²) < 4.78 is 1.67. The van der Waals surface area contributed by atoms with Crippen LogP contribution in [0.5, 0.6) is 0 Å². The molecule has 0 fully saturated rings. The summed E-state index contributed by atoms with van der Waals surface area (Å²) in [5.74, 6) is 0.229. The maximum atomic E-state index is 12.1. The third kappa shape index (κ3) is 1.34. The zero-order chi connectivity index (χ0) is 11.8. The summed E-state index contributed by atoms with van der Waals surface area (Å²) >= 11 is 0. The SMILES string of the molecule is [O-][n+]1c(-c2ccccc2)n(O)c2ccccc21. The lowest BCUT2D eigenvalue weighted by Crippen LogP contribution is -2.28. The fourth-order valence-corrected chi connectivity index (χ4v) is 1.96. The molecule has 0 bridgehead atoms. The van der Waals surface area contributed by atoms with Crippen molar-refractivity contribution in [1.29, 1.82) is 0 Å². The Hall–Kier alpha value is -2.49. The number of fused-ring (bicyclic) bond motifs is 1. The zero-order valence-electron chi connectivity index (χ0n) is 8.95. The summed E-state index contributed by atoms with van der Waals surface area (Å²) in [5.41, 5.74) is 1.64. The molecule has 17 heavy (non-hydrogen) atoms. The van der Waals surface area contributed by atoms with Crippen LogP contribution in [0, 0.1) is 5.21 Å². The predicted molar refractivity (Wildman–Crippen MR) is 63.5 cm³/mol. The van der Waals surface area contributed by atoms with Crippen molar-refractivity contribution < 1.29 is 9.94 Å². The van der Waals surface area contributed by atoms with Gasteiger partial charge >= 0.3 is 5.82 Å². The van der Waals surface area contributed by atoms with Crippen molar-refractivity contribution in [3.63, 3.8) is 0 Å². The number of hydrogen-bond acceptors (Lipinski definition) is 2. The molecule has 4 nitrogen and oxygen atoms in total. The third-order valence-corrected chi connectivity index (χ3v) is 2.75. The first-order chi connectivity index (χ1) is 8.29. The fraction of sp³-hybridized carbons (Fsp3) is 0. The highest BCUT2D eigenvalue weighted by atomic mass is 16.5. The molecule has 0 saturated heterocycles. The number of aromatic nitrogens is 2. The number of nitrogens with zero attached hydrogens (tertiary/aromatic N) is 2. The normalized spacial score (nSPS) is 10.8. The van der Waals surface area contributed by atoms with Crippen LogP contribution in [0.25, 0.3) is 22.4 Å². The molecule has 3 rings (SSSR count). The molecule has 0 unspecified atom stereocenters. The van der Waals surface area contributed by atoms with E-state index in [-0.39, 0.29) is 5.82 Å². The lowest BCUT2D eigenvalue weighted by molar-refractivity contribution is -0.567. The molecule has 0 atom stereocenters. The van der Waals surface area contributed by atoms with E-state index < -0.39 is 0 Å². The molecule has 0 aliphatic heterocycles. The van der Waals surface area contributed by atoms with E-state index >= 15 is 0 Å². The van der Waals surface area contributed by atoms with Crippen LogP contribution in [0.2, 0.25) is 0 Å². The molecule has 2 aromatic carbocycles. The Bertz CT molecular complexity index is 635. The molecule has 0 saturated carbocycles. The highest BCUT2D eigenvalue weighted by Crippen LogP contribution is 2.20. The molecule has 4 heteroatoms. The van der Waals surface area contributed by atoms with Crippen LogP contribution in [0.1, 0.15) is 0 Å². The number of benzene rings is 2. The molecular formula is C13H10N2O2. The van der Waals surface area contributed by atoms with Gasteiger partial charge in [-0.05, 0) is 29.0 Å². The van der Waals surface area contributed by atoms with E-state index in [0.29, 0.717) is 16.6 Å². The van der Waals surface area contributed by atoms with Crippen molar-refractivity contribution in [2.75, 3.05) is 0 Å². The second-order valence-electron chi connectivity index (χ2n) is 3.78. The van der Waals surface area contributed by atoms with Gasteiger partial charge in [-0.3, -0.25) is 0 Å². The maximum Gasteiger partial charge on any atom is 0.332 e. The van der Waals surface area contributed by atoms with Gasteiger partial charge in [0.1, 0.15) is 0 Å². The smallest absolute Gasteiger partial charge is 0.332 e. The molecule has 1 aromatic heterocycles. The van der Waals surface area contributed by atoms with Crippen LogP contribution in [0.3, 0.4) is 0 Å². The van der Waals surface area contributed by atoms with E-state index in [1.807, 2.05) is 18.2 Å². The molecular weight excluding hydrogens is 216 g/mol. The Balaban J connectivity index is 2.38. The van der Waals surface area contributed by atoms with E-state index in [1.165, 1.54) is 0 Å². The van der Waals surface area contributed by atoms with Gasteiger partial charge in [0.15, 0.2) is 5.52 Å². The first-order valence-electron chi connectivity index (χ1n) is 5.27. The Morgan fingerprint density at radius 3 is 2.29 bits per heavy atom. The highest BCUT2D eigenvalue weighted by molar-refractivity contribution is 5.75. The van der Waals surface area contributed by atoms with Crippen molar-refractivity contribution in [1.82, 2.24) is 4.73 Å². The van der Waals surface area contributed by atoms with Crippen molar-refractivity contribution in [3.05, 3.63) is 59.8 Å². The predicted octanol–water partition coefficient (Wildman–Crippen LogP) is 2.18. The van der Waals surface area contributed by atoms with Gasteiger partial charge in [-0.2, -0.15) is 0 Å².